The van der Waals surface area contributed by atoms with E-state index in [0.717, 1.165) is 50.7 Å². The number of nitrogens with zero attached hydrogens (tertiary/aromatic N) is 4. The molecule has 0 aliphatic rings. The van der Waals surface area contributed by atoms with Crippen molar-refractivity contribution >= 4 is 5.96 Å². The van der Waals surface area contributed by atoms with Crippen molar-refractivity contribution in [2.75, 3.05) is 39.3 Å². The van der Waals surface area contributed by atoms with Gasteiger partial charge in [-0.15, -0.1) is 0 Å². The van der Waals surface area contributed by atoms with E-state index in [2.05, 4.69) is 39.5 Å². The largest absolute Gasteiger partial charge is 0.383 e. The first-order valence-electron chi connectivity index (χ1n) is 8.89. The van der Waals surface area contributed by atoms with Crippen molar-refractivity contribution in [3.05, 3.63) is 18.0 Å². The van der Waals surface area contributed by atoms with Crippen LogP contribution in [0.5, 0.6) is 0 Å². The van der Waals surface area contributed by atoms with Gasteiger partial charge in [-0.3, -0.25) is 4.68 Å². The molecule has 0 bridgehead atoms. The number of aliphatic imine (C=N–C) groups is 1. The molecule has 1 rings (SSSR count). The monoisotopic (exact) mass is 338 g/mol. The topological polar surface area (TPSA) is 77.7 Å². The van der Waals surface area contributed by atoms with Crippen molar-refractivity contribution in [2.24, 2.45) is 12.0 Å². The maximum Gasteiger partial charge on any atom is 0.191 e. The fourth-order valence-electron chi connectivity index (χ4n) is 2.44. The molecular weight excluding hydrogens is 304 g/mol. The first-order valence-corrected chi connectivity index (χ1v) is 8.89. The molecule has 7 heteroatoms. The van der Waals surface area contributed by atoms with E-state index in [1.807, 2.05) is 20.2 Å². The van der Waals surface area contributed by atoms with Gasteiger partial charge in [0.15, 0.2) is 5.96 Å². The van der Waals surface area contributed by atoms with Gasteiger partial charge < -0.3 is 20.6 Å². The summed E-state index contributed by atoms with van der Waals surface area (Å²) in [5.41, 5.74) is -0.265. The van der Waals surface area contributed by atoms with Gasteiger partial charge in [-0.1, -0.05) is 13.8 Å². The van der Waals surface area contributed by atoms with E-state index in [4.69, 9.17) is 0 Å². The van der Waals surface area contributed by atoms with Crippen LogP contribution in [0.2, 0.25) is 0 Å². The molecule has 7 nitrogen and oxygen atoms in total. The van der Waals surface area contributed by atoms with E-state index in [9.17, 15) is 5.11 Å². The Kier molecular flexibility index (Phi) is 8.78. The van der Waals surface area contributed by atoms with Crippen LogP contribution in [0, 0.1) is 0 Å². The van der Waals surface area contributed by atoms with Crippen molar-refractivity contribution < 1.29 is 5.11 Å². The lowest BCUT2D eigenvalue weighted by atomic mass is 10.0. The molecule has 0 saturated carbocycles. The van der Waals surface area contributed by atoms with Crippen LogP contribution in [0.3, 0.4) is 0 Å². The predicted molar refractivity (Wildman–Crippen MR) is 99.2 cm³/mol. The third kappa shape index (κ3) is 6.88. The van der Waals surface area contributed by atoms with Gasteiger partial charge in [0.05, 0.1) is 12.7 Å². The third-order valence-corrected chi connectivity index (χ3v) is 3.92. The van der Waals surface area contributed by atoms with Crippen LogP contribution >= 0.6 is 0 Å². The fourth-order valence-corrected chi connectivity index (χ4v) is 2.44. The van der Waals surface area contributed by atoms with Crippen molar-refractivity contribution in [1.82, 2.24) is 25.3 Å². The molecule has 3 N–H and O–H groups in total. The molecule has 1 aromatic rings. The van der Waals surface area contributed by atoms with Crippen LogP contribution in [0.1, 0.15) is 39.7 Å². The highest BCUT2D eigenvalue weighted by atomic mass is 16.3. The molecule has 1 aromatic heterocycles. The van der Waals surface area contributed by atoms with Gasteiger partial charge >= 0.3 is 0 Å². The predicted octanol–water partition coefficient (Wildman–Crippen LogP) is 0.915. The zero-order valence-electron chi connectivity index (χ0n) is 15.8. The lowest BCUT2D eigenvalue weighted by Gasteiger charge is -2.22. The first kappa shape index (κ1) is 20.4. The first-order chi connectivity index (χ1) is 11.4. The molecule has 0 aromatic carbocycles. The number of hydrogen-bond donors (Lipinski definition) is 3. The Labute approximate surface area is 146 Å². The average Bonchev–Trinajstić information content (AvgIpc) is 2.99. The second-order valence-corrected chi connectivity index (χ2v) is 6.23. The molecule has 0 aliphatic carbocycles. The van der Waals surface area contributed by atoms with E-state index in [1.54, 1.807) is 17.8 Å². The summed E-state index contributed by atoms with van der Waals surface area (Å²) in [6.45, 7) is 13.2. The standard InChI is InChI=1S/C17H34N6O/c1-6-10-23(8-3)11-9-19-16(18-7-2)20-14-17(4,24)15-12-21-22(5)13-15/h12-13,24H,6-11,14H2,1-5H3,(H2,18,19,20). The minimum atomic E-state index is -1.03. The SMILES string of the molecule is CCCN(CC)CCNC(=NCC(C)(O)c1cnn(C)c1)NCC. The van der Waals surface area contributed by atoms with E-state index < -0.39 is 5.60 Å². The Morgan fingerprint density at radius 2 is 2.08 bits per heavy atom. The van der Waals surface area contributed by atoms with E-state index >= 15 is 0 Å². The number of aromatic nitrogens is 2. The van der Waals surface area contributed by atoms with Gasteiger partial charge in [-0.2, -0.15) is 5.10 Å². The van der Waals surface area contributed by atoms with Gasteiger partial charge in [0, 0.05) is 38.4 Å². The molecule has 0 spiro atoms. The van der Waals surface area contributed by atoms with Crippen molar-refractivity contribution in [3.8, 4) is 0 Å². The van der Waals surface area contributed by atoms with Crippen LogP contribution in [-0.2, 0) is 12.6 Å². The van der Waals surface area contributed by atoms with Gasteiger partial charge in [0.25, 0.3) is 0 Å². The summed E-state index contributed by atoms with van der Waals surface area (Å²) < 4.78 is 1.68. The maximum atomic E-state index is 10.6. The highest BCUT2D eigenvalue weighted by molar-refractivity contribution is 5.79. The molecule has 1 heterocycles. The second kappa shape index (κ2) is 10.3. The van der Waals surface area contributed by atoms with Crippen LogP contribution in [0.4, 0.5) is 0 Å². The molecule has 1 atom stereocenters. The van der Waals surface area contributed by atoms with Gasteiger partial charge in [0.1, 0.15) is 5.60 Å². The lowest BCUT2D eigenvalue weighted by molar-refractivity contribution is 0.0672. The lowest BCUT2D eigenvalue weighted by Crippen LogP contribution is -2.42. The number of aryl methyl sites for hydroxylation is 1. The van der Waals surface area contributed by atoms with Gasteiger partial charge in [0.2, 0.25) is 0 Å². The molecule has 138 valence electrons. The summed E-state index contributed by atoms with van der Waals surface area (Å²) in [7, 11) is 1.84. The third-order valence-electron chi connectivity index (χ3n) is 3.92. The molecule has 24 heavy (non-hydrogen) atoms. The Morgan fingerprint density at radius 1 is 1.33 bits per heavy atom. The van der Waals surface area contributed by atoms with Crippen molar-refractivity contribution in [1.29, 1.82) is 0 Å². The summed E-state index contributed by atoms with van der Waals surface area (Å²) in [5, 5.41) is 21.3. The van der Waals surface area contributed by atoms with Crippen molar-refractivity contribution in [3.63, 3.8) is 0 Å². The summed E-state index contributed by atoms with van der Waals surface area (Å²) in [5.74, 6) is 0.731. The second-order valence-electron chi connectivity index (χ2n) is 6.23. The normalized spacial score (nSPS) is 14.7. The zero-order valence-corrected chi connectivity index (χ0v) is 15.8. The molecule has 0 radical (unpaired) electrons. The number of aliphatic hydroxyl groups is 1. The van der Waals surface area contributed by atoms with E-state index in [0.29, 0.717) is 0 Å². The number of hydrogen-bond acceptors (Lipinski definition) is 4. The summed E-state index contributed by atoms with van der Waals surface area (Å²) in [4.78, 5) is 6.93. The molecule has 1 unspecified atom stereocenters. The summed E-state index contributed by atoms with van der Waals surface area (Å²) in [6.07, 6.45) is 4.66. The van der Waals surface area contributed by atoms with Gasteiger partial charge in [-0.25, -0.2) is 4.99 Å². The Balaban J connectivity index is 2.58. The Bertz CT molecular complexity index is 497. The molecular formula is C17H34N6O. The van der Waals surface area contributed by atoms with Gasteiger partial charge in [-0.05, 0) is 33.4 Å². The summed E-state index contributed by atoms with van der Waals surface area (Å²) >= 11 is 0. The van der Waals surface area contributed by atoms with Crippen LogP contribution < -0.4 is 10.6 Å². The fraction of sp³-hybridized carbons (Fsp3) is 0.765. The highest BCUT2D eigenvalue weighted by Crippen LogP contribution is 2.19. The average molecular weight is 339 g/mol. The molecule has 0 aliphatic heterocycles. The Morgan fingerprint density at radius 3 is 2.62 bits per heavy atom. The van der Waals surface area contributed by atoms with Crippen LogP contribution in [-0.4, -0.2) is 65.0 Å². The minimum absolute atomic E-state index is 0.278. The number of nitrogens with one attached hydrogen (secondary N) is 2. The van der Waals surface area contributed by atoms with E-state index in [1.165, 1.54) is 0 Å². The number of likely N-dealkylation sites (N-methyl/N-ethyl adjacent to an activating group) is 1. The highest BCUT2D eigenvalue weighted by Gasteiger charge is 2.24. The number of rotatable bonds is 10. The van der Waals surface area contributed by atoms with Crippen LogP contribution in [0.15, 0.2) is 17.4 Å². The summed E-state index contributed by atoms with van der Waals surface area (Å²) in [6, 6.07) is 0. The smallest absolute Gasteiger partial charge is 0.191 e. The van der Waals surface area contributed by atoms with Crippen molar-refractivity contribution in [2.45, 2.75) is 39.7 Å². The molecule has 0 amide bonds. The zero-order chi connectivity index (χ0) is 18.0. The number of guanidine groups is 1. The Hall–Kier alpha value is -1.60. The molecule has 0 fully saturated rings. The quantitative estimate of drug-likeness (QED) is 0.437. The van der Waals surface area contributed by atoms with Crippen LogP contribution in [0.25, 0.3) is 0 Å². The minimum Gasteiger partial charge on any atom is -0.383 e. The van der Waals surface area contributed by atoms with E-state index in [-0.39, 0.29) is 6.54 Å². The maximum absolute atomic E-state index is 10.6. The molecule has 0 saturated heterocycles.